The Morgan fingerprint density at radius 3 is 1.15 bits per heavy atom. The fourth-order valence-corrected chi connectivity index (χ4v) is 20.6. The molecule has 0 atom stereocenters. The van der Waals surface area contributed by atoms with E-state index < -0.39 is 0 Å². The molecular formula is C114H75N7O5. The van der Waals surface area contributed by atoms with E-state index in [9.17, 15) is 0 Å². The Bertz CT molecular complexity index is 8690. The van der Waals surface area contributed by atoms with Crippen LogP contribution in [-0.4, -0.2) is 34.9 Å². The number of rotatable bonds is 7. The van der Waals surface area contributed by atoms with Crippen molar-refractivity contribution in [1.29, 1.82) is 0 Å². The largest absolute Gasteiger partial charge is 0.456 e. The molecule has 9 heterocycles. The first-order valence-electron chi connectivity index (χ1n) is 42.8. The molecule has 126 heavy (non-hydrogen) atoms. The highest BCUT2D eigenvalue weighted by Crippen LogP contribution is 2.57. The molecule has 27 rings (SSSR count). The van der Waals surface area contributed by atoms with Gasteiger partial charge in [0.2, 0.25) is 0 Å². The minimum absolute atomic E-state index is 0.138. The topological polar surface area (TPSA) is 156 Å². The summed E-state index contributed by atoms with van der Waals surface area (Å²) < 4.78 is 33.0. The fourth-order valence-electron chi connectivity index (χ4n) is 20.6. The predicted molar refractivity (Wildman–Crippen MR) is 509 cm³/mol. The third-order valence-corrected chi connectivity index (χ3v) is 26.5. The summed E-state index contributed by atoms with van der Waals surface area (Å²) in [6.45, 7) is 13.8. The monoisotopic (exact) mass is 1620 g/mol. The van der Waals surface area contributed by atoms with E-state index >= 15 is 0 Å². The van der Waals surface area contributed by atoms with Crippen LogP contribution < -0.4 is 0 Å². The first kappa shape index (κ1) is 72.7. The van der Waals surface area contributed by atoms with Gasteiger partial charge in [-0.1, -0.05) is 302 Å². The van der Waals surface area contributed by atoms with Crippen LogP contribution in [0.25, 0.3) is 233 Å². The average molecular weight is 1620 g/mol. The first-order chi connectivity index (χ1) is 61.7. The van der Waals surface area contributed by atoms with Crippen LogP contribution in [0.5, 0.6) is 0 Å². The molecule has 24 aromatic rings. The number of fused-ring (bicyclic) bond motifs is 28. The van der Waals surface area contributed by atoms with Crippen LogP contribution in [0.1, 0.15) is 74.9 Å². The van der Waals surface area contributed by atoms with E-state index in [1.54, 1.807) is 6.20 Å². The molecule has 15 aromatic carbocycles. The summed E-state index contributed by atoms with van der Waals surface area (Å²) in [5.41, 5.74) is 35.9. The summed E-state index contributed by atoms with van der Waals surface area (Å²) in [5.74, 6) is 1.94. The lowest BCUT2D eigenvalue weighted by Crippen LogP contribution is -2.15. The van der Waals surface area contributed by atoms with Crippen molar-refractivity contribution in [2.24, 2.45) is 0 Å². The lowest BCUT2D eigenvalue weighted by molar-refractivity contribution is 0.619. The predicted octanol–water partition coefficient (Wildman–Crippen LogP) is 30.1. The standard InChI is InChI=1S/C43H28N2O2.C37H24N2O2.C34H23N3O/c1-43(2)34-17-8-6-13-29(34)30-23-24-32-31-16-10-15-28(39(31)47-40(32)36(30)43)25-19-21-27(22-20-25)42-44-37(26-11-4-3-5-12-26)41-38(45-42)33-14-7-9-18-35(33)46-41;1-37(2)28-17-8-6-13-22(28)23-19-20-25-24-15-10-16-27(33(24)41-34(25)30(23)37)36-38-31(21-11-4-3-5-12-21)35-32(39-36)26-14-7-9-18-29(26)40-35;1-34(2)26-11-5-3-9-21(26)23-16-17-24-22-15-14-20(19-29(22)38-32(24)30(23)34)33-36-27-12-6-4-10-25(27)31(37-33)28-13-7-8-18-35-28/h3-24H,1-2H3;3-20H,1-2H3;3-19H,1-2H3. The maximum atomic E-state index is 6.87. The van der Waals surface area contributed by atoms with E-state index in [0.29, 0.717) is 28.6 Å². The first-order valence-corrected chi connectivity index (χ1v) is 42.8. The molecule has 0 spiro atoms. The van der Waals surface area contributed by atoms with Crippen LogP contribution in [0, 0.1) is 0 Å². The van der Waals surface area contributed by atoms with Crippen molar-refractivity contribution in [1.82, 2.24) is 34.9 Å². The van der Waals surface area contributed by atoms with E-state index in [-0.39, 0.29) is 16.2 Å². The molecule has 0 saturated carbocycles. The quantitative estimate of drug-likeness (QED) is 0.149. The second-order valence-electron chi connectivity index (χ2n) is 34.8. The van der Waals surface area contributed by atoms with Crippen molar-refractivity contribution in [2.45, 2.75) is 57.8 Å². The summed E-state index contributed by atoms with van der Waals surface area (Å²) in [6.07, 6.45) is 1.80. The maximum Gasteiger partial charge on any atom is 0.180 e. The van der Waals surface area contributed by atoms with Crippen LogP contribution in [0.15, 0.2) is 368 Å². The van der Waals surface area contributed by atoms with Crippen LogP contribution in [0.3, 0.4) is 0 Å². The zero-order valence-corrected chi connectivity index (χ0v) is 69.6. The SMILES string of the molecule is CC1(C)c2ccccc2-c2ccc3c(oc4c(-c5ccc(-c6nc(-c7ccccc7)c7oc8ccccc8c7n6)cc5)cccc43)c21.CC1(C)c2ccccc2-c2ccc3c(oc4c(-c5nc(-c6ccccc6)c6oc7ccccc7c6n5)cccc43)c21.CC1(C)c2ccccc2-c2ccc3c(oc4cc(-c5nc(-c6ccccn6)c6ccccc6n5)ccc43)c21. The Kier molecular flexibility index (Phi) is 15.9. The van der Waals surface area contributed by atoms with Gasteiger partial charge < -0.3 is 22.1 Å². The molecule has 3 aliphatic rings. The zero-order chi connectivity index (χ0) is 84.0. The van der Waals surface area contributed by atoms with Crippen molar-refractivity contribution in [2.75, 3.05) is 0 Å². The van der Waals surface area contributed by atoms with Gasteiger partial charge in [0.15, 0.2) is 28.6 Å². The Hall–Kier alpha value is -16.1. The van der Waals surface area contributed by atoms with Crippen molar-refractivity contribution in [3.8, 4) is 113 Å². The summed E-state index contributed by atoms with van der Waals surface area (Å²) >= 11 is 0. The molecule has 0 aliphatic heterocycles. The Morgan fingerprint density at radius 1 is 0.214 bits per heavy atom. The third-order valence-electron chi connectivity index (χ3n) is 26.5. The number of aromatic nitrogens is 7. The molecule has 0 unspecified atom stereocenters. The smallest absolute Gasteiger partial charge is 0.180 e. The van der Waals surface area contributed by atoms with Crippen LogP contribution in [-0.2, 0) is 16.2 Å². The summed E-state index contributed by atoms with van der Waals surface area (Å²) in [6, 6.07) is 117. The van der Waals surface area contributed by atoms with Crippen molar-refractivity contribution < 1.29 is 22.1 Å². The van der Waals surface area contributed by atoms with E-state index in [0.717, 1.165) is 171 Å². The highest BCUT2D eigenvalue weighted by atomic mass is 16.3. The average Bonchev–Trinajstić information content (AvgIpc) is 1.56. The van der Waals surface area contributed by atoms with Crippen LogP contribution >= 0.6 is 0 Å². The Balaban J connectivity index is 0.000000104. The molecule has 0 bridgehead atoms. The molecule has 3 aliphatic carbocycles. The lowest BCUT2D eigenvalue weighted by Gasteiger charge is -2.21. The normalized spacial score (nSPS) is 13.7. The van der Waals surface area contributed by atoms with Crippen molar-refractivity contribution in [3.05, 3.63) is 379 Å². The number of furan rings is 5. The van der Waals surface area contributed by atoms with Gasteiger partial charge >= 0.3 is 0 Å². The molecule has 12 heteroatoms. The second kappa shape index (κ2) is 27.5. The van der Waals surface area contributed by atoms with Gasteiger partial charge in [0, 0.05) is 115 Å². The molecule has 0 N–H and O–H groups in total. The molecule has 0 amide bonds. The maximum absolute atomic E-state index is 6.87. The molecular weight excluding hydrogens is 1550 g/mol. The number of pyridine rings is 1. The molecule has 0 saturated heterocycles. The zero-order valence-electron chi connectivity index (χ0n) is 69.6. The number of para-hydroxylation sites is 5. The third kappa shape index (κ3) is 10.9. The van der Waals surface area contributed by atoms with Gasteiger partial charge in [0.05, 0.1) is 16.8 Å². The molecule has 9 aromatic heterocycles. The number of nitrogens with zero attached hydrogens (tertiary/aromatic N) is 7. The van der Waals surface area contributed by atoms with Gasteiger partial charge in [-0.2, -0.15) is 0 Å². The van der Waals surface area contributed by atoms with E-state index in [2.05, 4.69) is 271 Å². The molecule has 596 valence electrons. The highest BCUT2D eigenvalue weighted by Gasteiger charge is 2.42. The molecule has 12 nitrogen and oxygen atoms in total. The molecule has 0 radical (unpaired) electrons. The van der Waals surface area contributed by atoms with E-state index in [4.69, 9.17) is 52.0 Å². The fraction of sp³-hybridized carbons (Fsp3) is 0.0789. The second-order valence-corrected chi connectivity index (χ2v) is 34.8. The van der Waals surface area contributed by atoms with Crippen LogP contribution in [0.2, 0.25) is 0 Å². The van der Waals surface area contributed by atoms with Gasteiger partial charge in [-0.25, -0.2) is 29.9 Å². The number of benzene rings is 15. The van der Waals surface area contributed by atoms with Crippen molar-refractivity contribution in [3.63, 3.8) is 0 Å². The minimum Gasteiger partial charge on any atom is -0.456 e. The Morgan fingerprint density at radius 2 is 0.603 bits per heavy atom. The van der Waals surface area contributed by atoms with Gasteiger partial charge in [-0.15, -0.1) is 0 Å². The minimum atomic E-state index is -0.176. The van der Waals surface area contributed by atoms with E-state index in [1.165, 1.54) is 66.8 Å². The Labute approximate surface area is 722 Å². The summed E-state index contributed by atoms with van der Waals surface area (Å²) in [7, 11) is 0. The van der Waals surface area contributed by atoms with Gasteiger partial charge in [0.25, 0.3) is 0 Å². The van der Waals surface area contributed by atoms with Crippen molar-refractivity contribution >= 4 is 121 Å². The summed E-state index contributed by atoms with van der Waals surface area (Å²) in [5, 5.41) is 9.63. The van der Waals surface area contributed by atoms with Gasteiger partial charge in [0.1, 0.15) is 72.8 Å². The molecule has 0 fully saturated rings. The number of hydrogen-bond acceptors (Lipinski definition) is 12. The van der Waals surface area contributed by atoms with Crippen LogP contribution in [0.4, 0.5) is 0 Å². The lowest BCUT2D eigenvalue weighted by atomic mass is 9.82. The summed E-state index contributed by atoms with van der Waals surface area (Å²) in [4.78, 5) is 34.8. The van der Waals surface area contributed by atoms with E-state index in [1.807, 2.05) is 115 Å². The van der Waals surface area contributed by atoms with Gasteiger partial charge in [-0.3, -0.25) is 4.98 Å². The van der Waals surface area contributed by atoms with Gasteiger partial charge in [-0.05, 0) is 134 Å². The number of hydrogen-bond donors (Lipinski definition) is 0. The highest BCUT2D eigenvalue weighted by molar-refractivity contribution is 6.16.